The van der Waals surface area contributed by atoms with Crippen LogP contribution in [0.1, 0.15) is 72.0 Å². The molecule has 1 spiro atoms. The van der Waals surface area contributed by atoms with E-state index in [-0.39, 0.29) is 53.1 Å². The van der Waals surface area contributed by atoms with Crippen molar-refractivity contribution in [3.8, 4) is 0 Å². The fourth-order valence-corrected chi connectivity index (χ4v) is 7.29. The third-order valence-electron chi connectivity index (χ3n) is 9.02. The second-order valence-corrected chi connectivity index (χ2v) is 10.3. The van der Waals surface area contributed by atoms with E-state index in [0.29, 0.717) is 6.42 Å². The molecule has 2 aliphatic heterocycles. The number of esters is 2. The predicted molar refractivity (Wildman–Crippen MR) is 109 cm³/mol. The van der Waals surface area contributed by atoms with Gasteiger partial charge in [0.25, 0.3) is 0 Å². The Hall–Kier alpha value is -1.86. The van der Waals surface area contributed by atoms with Crippen LogP contribution in [0.3, 0.4) is 0 Å². The van der Waals surface area contributed by atoms with Gasteiger partial charge < -0.3 is 23.4 Å². The molecule has 0 N–H and O–H groups in total. The molecule has 0 aromatic carbocycles. The summed E-state index contributed by atoms with van der Waals surface area (Å²) in [6.07, 6.45) is 5.62. The Bertz CT molecular complexity index is 880. The lowest BCUT2D eigenvalue weighted by Gasteiger charge is -2.61. The SMILES string of the molecule is CC(=O)OC1OC(c2ccoc2)C[C@@]12C1CCC3O[C@]3(C)[C@]1(C)C[C@H](OC(C)=O)[C@H]2C. The molecule has 170 valence electrons. The number of epoxide rings is 1. The molecule has 7 heteroatoms. The van der Waals surface area contributed by atoms with E-state index in [4.69, 9.17) is 23.4 Å². The Morgan fingerprint density at radius 1 is 1.10 bits per heavy atom. The van der Waals surface area contributed by atoms with Gasteiger partial charge in [0.2, 0.25) is 6.29 Å². The molecule has 9 atom stereocenters. The number of rotatable bonds is 3. The van der Waals surface area contributed by atoms with Crippen molar-refractivity contribution in [3.05, 3.63) is 24.2 Å². The van der Waals surface area contributed by atoms with Crippen molar-refractivity contribution >= 4 is 11.9 Å². The van der Waals surface area contributed by atoms with Crippen molar-refractivity contribution in [2.75, 3.05) is 0 Å². The van der Waals surface area contributed by atoms with Gasteiger partial charge in [-0.3, -0.25) is 9.59 Å². The molecule has 2 saturated heterocycles. The molecule has 4 aliphatic rings. The Morgan fingerprint density at radius 3 is 2.48 bits per heavy atom. The van der Waals surface area contributed by atoms with Crippen LogP contribution in [0.5, 0.6) is 0 Å². The quantitative estimate of drug-likeness (QED) is 0.523. The van der Waals surface area contributed by atoms with Crippen molar-refractivity contribution in [3.63, 3.8) is 0 Å². The lowest BCUT2D eigenvalue weighted by molar-refractivity contribution is -0.249. The lowest BCUT2D eigenvalue weighted by Crippen LogP contribution is -2.64. The Balaban J connectivity index is 1.62. The largest absolute Gasteiger partial charge is 0.472 e. The molecular formula is C24H32O7. The maximum atomic E-state index is 12.1. The van der Waals surface area contributed by atoms with Crippen molar-refractivity contribution in [1.29, 1.82) is 0 Å². The van der Waals surface area contributed by atoms with Gasteiger partial charge in [0, 0.05) is 36.2 Å². The summed E-state index contributed by atoms with van der Waals surface area (Å²) in [5.41, 5.74) is -0.0632. The third kappa shape index (κ3) is 2.85. The van der Waals surface area contributed by atoms with E-state index in [1.807, 2.05) is 6.07 Å². The van der Waals surface area contributed by atoms with Crippen LogP contribution in [0.2, 0.25) is 0 Å². The Labute approximate surface area is 182 Å². The van der Waals surface area contributed by atoms with Crippen LogP contribution < -0.4 is 0 Å². The molecule has 1 aromatic rings. The lowest BCUT2D eigenvalue weighted by atomic mass is 9.43. The number of hydrogen-bond donors (Lipinski definition) is 0. The highest BCUT2D eigenvalue weighted by atomic mass is 16.7. The van der Waals surface area contributed by atoms with Gasteiger partial charge in [-0.25, -0.2) is 0 Å². The van der Waals surface area contributed by atoms with Crippen molar-refractivity contribution in [2.24, 2.45) is 22.7 Å². The molecule has 3 heterocycles. The minimum absolute atomic E-state index is 0.0466. The van der Waals surface area contributed by atoms with Crippen LogP contribution in [0.15, 0.2) is 23.0 Å². The molecule has 7 nitrogen and oxygen atoms in total. The van der Waals surface area contributed by atoms with E-state index in [2.05, 4.69) is 20.8 Å². The molecule has 5 rings (SSSR count). The highest BCUT2D eigenvalue weighted by molar-refractivity contribution is 5.66. The molecule has 0 bridgehead atoms. The summed E-state index contributed by atoms with van der Waals surface area (Å²) in [4.78, 5) is 24.2. The Morgan fingerprint density at radius 2 is 1.84 bits per heavy atom. The third-order valence-corrected chi connectivity index (χ3v) is 9.02. The van der Waals surface area contributed by atoms with Gasteiger partial charge in [0.05, 0.1) is 30.3 Å². The van der Waals surface area contributed by atoms with Crippen LogP contribution in [-0.4, -0.2) is 36.0 Å². The number of ether oxygens (including phenoxy) is 4. The predicted octanol–water partition coefficient (Wildman–Crippen LogP) is 4.16. The van der Waals surface area contributed by atoms with Crippen LogP contribution in [0.25, 0.3) is 0 Å². The standard InChI is InChI=1S/C24H32O7/c1-13-17(28-14(2)25)10-22(4)19(6-7-20-23(22,5)31-20)24(13)11-18(16-8-9-27-12-16)30-21(24)29-15(3)26/h8-9,12-13,17-21H,6-7,10-11H2,1-5H3/t13-,17+,18?,19?,20?,21?,22-,23+,24-/m1/s1. The second-order valence-electron chi connectivity index (χ2n) is 10.3. The van der Waals surface area contributed by atoms with E-state index in [9.17, 15) is 9.59 Å². The summed E-state index contributed by atoms with van der Waals surface area (Å²) in [5, 5.41) is 0. The maximum Gasteiger partial charge on any atom is 0.304 e. The second kappa shape index (κ2) is 6.82. The van der Waals surface area contributed by atoms with E-state index in [1.165, 1.54) is 13.8 Å². The minimum Gasteiger partial charge on any atom is -0.472 e. The first-order valence-electron chi connectivity index (χ1n) is 11.3. The molecule has 0 amide bonds. The average Bonchev–Trinajstić information content (AvgIpc) is 3.05. The number of fused-ring (bicyclic) bond motifs is 4. The zero-order valence-corrected chi connectivity index (χ0v) is 18.9. The monoisotopic (exact) mass is 432 g/mol. The molecule has 31 heavy (non-hydrogen) atoms. The smallest absolute Gasteiger partial charge is 0.304 e. The molecule has 0 radical (unpaired) electrons. The van der Waals surface area contributed by atoms with E-state index in [0.717, 1.165) is 24.8 Å². The summed E-state index contributed by atoms with van der Waals surface area (Å²) in [7, 11) is 0. The highest BCUT2D eigenvalue weighted by Gasteiger charge is 2.77. The first-order chi connectivity index (χ1) is 14.6. The van der Waals surface area contributed by atoms with Gasteiger partial charge in [-0.05, 0) is 44.6 Å². The molecule has 2 saturated carbocycles. The molecular weight excluding hydrogens is 400 g/mol. The molecule has 2 aliphatic carbocycles. The van der Waals surface area contributed by atoms with Crippen molar-refractivity contribution in [2.45, 2.75) is 90.5 Å². The van der Waals surface area contributed by atoms with Gasteiger partial charge in [-0.2, -0.15) is 0 Å². The van der Waals surface area contributed by atoms with Crippen LogP contribution in [0, 0.1) is 22.7 Å². The zero-order chi connectivity index (χ0) is 22.2. The van der Waals surface area contributed by atoms with Gasteiger partial charge in [-0.1, -0.05) is 13.8 Å². The summed E-state index contributed by atoms with van der Waals surface area (Å²) in [5.74, 6) is -0.512. The van der Waals surface area contributed by atoms with Gasteiger partial charge in [0.15, 0.2) is 0 Å². The highest BCUT2D eigenvalue weighted by Crippen LogP contribution is 2.73. The first-order valence-corrected chi connectivity index (χ1v) is 11.3. The minimum atomic E-state index is -0.721. The van der Waals surface area contributed by atoms with Crippen molar-refractivity contribution < 1.29 is 33.0 Å². The summed E-state index contributed by atoms with van der Waals surface area (Å²) in [6.45, 7) is 9.43. The topological polar surface area (TPSA) is 87.5 Å². The number of hydrogen-bond acceptors (Lipinski definition) is 7. The molecule has 1 aromatic heterocycles. The summed E-state index contributed by atoms with van der Waals surface area (Å²) < 4.78 is 29.7. The van der Waals surface area contributed by atoms with Gasteiger partial charge in [-0.15, -0.1) is 0 Å². The van der Waals surface area contributed by atoms with E-state index in [1.54, 1.807) is 12.5 Å². The van der Waals surface area contributed by atoms with Gasteiger partial charge >= 0.3 is 11.9 Å². The van der Waals surface area contributed by atoms with Crippen LogP contribution in [0.4, 0.5) is 0 Å². The van der Waals surface area contributed by atoms with Gasteiger partial charge in [0.1, 0.15) is 6.10 Å². The fraction of sp³-hybridized carbons (Fsp3) is 0.750. The normalized spacial score (nSPS) is 48.0. The maximum absolute atomic E-state index is 12.1. The van der Waals surface area contributed by atoms with Crippen LogP contribution >= 0.6 is 0 Å². The summed E-state index contributed by atoms with van der Waals surface area (Å²) in [6, 6.07) is 1.90. The number of furan rings is 1. The first kappa shape index (κ1) is 21.0. The average molecular weight is 433 g/mol. The number of carbonyl (C=O) groups is 2. The summed E-state index contributed by atoms with van der Waals surface area (Å²) >= 11 is 0. The van der Waals surface area contributed by atoms with Crippen LogP contribution in [-0.2, 0) is 28.5 Å². The van der Waals surface area contributed by atoms with Crippen molar-refractivity contribution in [1.82, 2.24) is 0 Å². The zero-order valence-electron chi connectivity index (χ0n) is 18.9. The van der Waals surface area contributed by atoms with E-state index >= 15 is 0 Å². The molecule has 4 unspecified atom stereocenters. The fourth-order valence-electron chi connectivity index (χ4n) is 7.29. The molecule has 4 fully saturated rings. The Kier molecular flexibility index (Phi) is 4.62. The van der Waals surface area contributed by atoms with E-state index < -0.39 is 11.7 Å². The number of carbonyl (C=O) groups excluding carboxylic acids is 2.